The summed E-state index contributed by atoms with van der Waals surface area (Å²) in [5.74, 6) is -3.50. The van der Waals surface area contributed by atoms with E-state index in [2.05, 4.69) is 41.5 Å². The fraction of sp³-hybridized carbons (Fsp3) is 0. The first kappa shape index (κ1) is 36.0. The van der Waals surface area contributed by atoms with Crippen LogP contribution in [0, 0.1) is 0 Å². The van der Waals surface area contributed by atoms with Gasteiger partial charge in [0, 0.05) is 0 Å². The number of rotatable bonds is 11. The molecule has 0 heterocycles. The molecule has 0 aromatic heterocycles. The Morgan fingerprint density at radius 3 is 1.42 bits per heavy atom. The lowest BCUT2D eigenvalue weighted by atomic mass is 10.2. The van der Waals surface area contributed by atoms with Crippen molar-refractivity contribution in [3.8, 4) is 11.5 Å². The first-order chi connectivity index (χ1) is 24.9. The number of phenols is 2. The van der Waals surface area contributed by atoms with E-state index in [0.29, 0.717) is 0 Å². The van der Waals surface area contributed by atoms with E-state index in [1.165, 1.54) is 72.8 Å². The van der Waals surface area contributed by atoms with Crippen molar-refractivity contribution in [1.82, 2.24) is 0 Å². The quantitative estimate of drug-likeness (QED) is 0.0243. The Morgan fingerprint density at radius 2 is 0.981 bits per heavy atom. The first-order valence-electron chi connectivity index (χ1n) is 14.8. The number of anilines is 2. The zero-order chi connectivity index (χ0) is 37.3. The van der Waals surface area contributed by atoms with Crippen LogP contribution >= 0.6 is 0 Å². The van der Waals surface area contributed by atoms with Crippen LogP contribution < -0.4 is 10.9 Å². The van der Waals surface area contributed by atoms with Crippen molar-refractivity contribution in [3.05, 3.63) is 138 Å². The molecule has 0 fully saturated rings. The number of azo groups is 2. The molecule has 5 rings (SSSR count). The molecule has 0 aliphatic carbocycles. The summed E-state index contributed by atoms with van der Waals surface area (Å²) in [6, 6.07) is 26.9. The van der Waals surface area contributed by atoms with Gasteiger partial charge in [0.2, 0.25) is 11.7 Å². The number of amidine groups is 2. The molecule has 5 aromatic carbocycles. The van der Waals surface area contributed by atoms with Crippen molar-refractivity contribution < 1.29 is 43.0 Å². The van der Waals surface area contributed by atoms with E-state index in [-0.39, 0.29) is 68.2 Å². The second-order valence-corrected chi connectivity index (χ2v) is 11.7. The molecule has 17 nitrogen and oxygen atoms in total. The summed E-state index contributed by atoms with van der Waals surface area (Å²) in [6.07, 6.45) is 0. The summed E-state index contributed by atoms with van der Waals surface area (Å²) in [7, 11) is -4.97. The van der Waals surface area contributed by atoms with Crippen molar-refractivity contribution in [1.29, 1.82) is 0 Å². The van der Waals surface area contributed by atoms with E-state index in [9.17, 15) is 43.0 Å². The van der Waals surface area contributed by atoms with Crippen molar-refractivity contribution in [2.45, 2.75) is 4.90 Å². The third-order valence-corrected chi connectivity index (χ3v) is 7.79. The number of carboxylic acids is 2. The number of hydrazone groups is 2. The standard InChI is InChI=1S/C34H26N8O9S/c43-28-15-7-3-11-23(28)31(40-36-25-13-5-1-9-21(25)33(45)46)39-35-20-17-18-27(30(19-20)52(49,50)51)38-42-32(24-12-4-8-16-29(24)44)41-37-26-14-6-2-10-22(26)34(47)48/h1-19,36-37,43-44H,(H,45,46)(H,47,48)(H,49,50,51)/b39-35?,40-31+,41-32+,42-38?. The van der Waals surface area contributed by atoms with Gasteiger partial charge in [-0.25, -0.2) is 9.59 Å². The second kappa shape index (κ2) is 15.9. The largest absolute Gasteiger partial charge is 0.507 e. The van der Waals surface area contributed by atoms with E-state index in [4.69, 9.17) is 0 Å². The van der Waals surface area contributed by atoms with Crippen LogP contribution in [0.15, 0.2) is 151 Å². The van der Waals surface area contributed by atoms with E-state index in [1.807, 2.05) is 0 Å². The highest BCUT2D eigenvalue weighted by atomic mass is 32.2. The highest BCUT2D eigenvalue weighted by Gasteiger charge is 2.19. The molecule has 0 bridgehead atoms. The Labute approximate surface area is 294 Å². The molecular formula is C34H26N8O9S. The van der Waals surface area contributed by atoms with Crippen LogP contribution in [0.5, 0.6) is 11.5 Å². The van der Waals surface area contributed by atoms with E-state index >= 15 is 0 Å². The number of aromatic hydroxyl groups is 2. The molecular weight excluding hydrogens is 696 g/mol. The lowest BCUT2D eigenvalue weighted by molar-refractivity contribution is 0.0687. The van der Waals surface area contributed by atoms with Gasteiger partial charge in [-0.3, -0.25) is 15.4 Å². The number of hydrogen-bond donors (Lipinski definition) is 7. The first-order valence-corrected chi connectivity index (χ1v) is 16.2. The molecule has 7 N–H and O–H groups in total. The maximum absolute atomic E-state index is 12.5. The maximum Gasteiger partial charge on any atom is 0.337 e. The number of aromatic carboxylic acids is 2. The van der Waals surface area contributed by atoms with Crippen LogP contribution in [0.3, 0.4) is 0 Å². The maximum atomic E-state index is 12.5. The lowest BCUT2D eigenvalue weighted by Gasteiger charge is -2.08. The number of carboxylic acid groups (broad SMARTS) is 2. The number of phenolic OH excluding ortho intramolecular Hbond substituents is 2. The summed E-state index contributed by atoms with van der Waals surface area (Å²) in [5, 5.41) is 64.1. The fourth-order valence-corrected chi connectivity index (χ4v) is 5.06. The van der Waals surface area contributed by atoms with Crippen LogP contribution in [0.1, 0.15) is 31.8 Å². The summed E-state index contributed by atoms with van der Waals surface area (Å²) >= 11 is 0. The highest BCUT2D eigenvalue weighted by molar-refractivity contribution is 7.86. The molecule has 0 spiro atoms. The Hall–Kier alpha value is -7.31. The number of para-hydroxylation sites is 4. The molecule has 0 aliphatic rings. The number of benzene rings is 5. The van der Waals surface area contributed by atoms with Gasteiger partial charge in [-0.15, -0.1) is 20.5 Å². The third-order valence-electron chi connectivity index (χ3n) is 6.90. The predicted octanol–water partition coefficient (Wildman–Crippen LogP) is 6.86. The average Bonchev–Trinajstić information content (AvgIpc) is 3.12. The Morgan fingerprint density at radius 1 is 0.558 bits per heavy atom. The van der Waals surface area contributed by atoms with Gasteiger partial charge < -0.3 is 20.4 Å². The zero-order valence-electron chi connectivity index (χ0n) is 26.4. The van der Waals surface area contributed by atoms with Gasteiger partial charge in [0.15, 0.2) is 0 Å². The van der Waals surface area contributed by atoms with Gasteiger partial charge in [-0.1, -0.05) is 48.5 Å². The van der Waals surface area contributed by atoms with Crippen molar-refractivity contribution in [2.24, 2.45) is 30.7 Å². The number of carbonyl (C=O) groups is 2. The topological polar surface area (TPSA) is 268 Å². The molecule has 0 aliphatic heterocycles. The van der Waals surface area contributed by atoms with E-state index in [0.717, 1.165) is 12.1 Å². The Bertz CT molecular complexity index is 2400. The molecule has 0 saturated carbocycles. The van der Waals surface area contributed by atoms with E-state index in [1.54, 1.807) is 30.3 Å². The van der Waals surface area contributed by atoms with Gasteiger partial charge in [0.1, 0.15) is 22.1 Å². The monoisotopic (exact) mass is 722 g/mol. The van der Waals surface area contributed by atoms with Crippen LogP contribution in [-0.4, -0.2) is 57.0 Å². The zero-order valence-corrected chi connectivity index (χ0v) is 27.2. The van der Waals surface area contributed by atoms with Gasteiger partial charge in [0.05, 0.1) is 39.3 Å². The minimum Gasteiger partial charge on any atom is -0.507 e. The Balaban J connectivity index is 1.52. The number of nitrogens with one attached hydrogen (secondary N) is 2. The molecule has 0 amide bonds. The van der Waals surface area contributed by atoms with Gasteiger partial charge >= 0.3 is 11.9 Å². The van der Waals surface area contributed by atoms with Gasteiger partial charge in [-0.2, -0.15) is 18.6 Å². The lowest BCUT2D eigenvalue weighted by Crippen LogP contribution is -2.06. The predicted molar refractivity (Wildman–Crippen MR) is 189 cm³/mol. The average molecular weight is 723 g/mol. The van der Waals surface area contributed by atoms with Crippen LogP contribution in [0.2, 0.25) is 0 Å². The summed E-state index contributed by atoms with van der Waals surface area (Å²) in [4.78, 5) is 22.5. The minimum absolute atomic E-state index is 0.0425. The third kappa shape index (κ3) is 8.83. The van der Waals surface area contributed by atoms with Crippen molar-refractivity contribution in [3.63, 3.8) is 0 Å². The summed E-state index contributed by atoms with van der Waals surface area (Å²) < 4.78 is 35.0. The van der Waals surface area contributed by atoms with E-state index < -0.39 is 27.0 Å². The normalized spacial score (nSPS) is 12.2. The molecule has 0 radical (unpaired) electrons. The molecule has 0 unspecified atom stereocenters. The van der Waals surface area contributed by atoms with Crippen molar-refractivity contribution >= 4 is 56.5 Å². The molecule has 5 aromatic rings. The SMILES string of the molecule is O=C(O)c1ccccc1N/N=C(/N=Nc1ccc(N=N/C(=N/Nc2ccccc2C(=O)O)c2ccccc2O)c(S(=O)(=O)O)c1)c1ccccc1O. The van der Waals surface area contributed by atoms with Crippen LogP contribution in [-0.2, 0) is 10.1 Å². The number of nitrogens with zero attached hydrogens (tertiary/aromatic N) is 6. The highest BCUT2D eigenvalue weighted by Crippen LogP contribution is 2.31. The van der Waals surface area contributed by atoms with Gasteiger partial charge in [0.25, 0.3) is 10.1 Å². The summed E-state index contributed by atoms with van der Waals surface area (Å²) in [6.45, 7) is 0. The van der Waals surface area contributed by atoms with Crippen LogP contribution in [0.4, 0.5) is 22.7 Å². The molecule has 262 valence electrons. The Kier molecular flexibility index (Phi) is 11.0. The van der Waals surface area contributed by atoms with Gasteiger partial charge in [-0.05, 0) is 66.7 Å². The minimum atomic E-state index is -4.97. The number of hydrogen-bond acceptors (Lipinski definition) is 12. The second-order valence-electron chi connectivity index (χ2n) is 10.4. The molecule has 18 heteroatoms. The summed E-state index contributed by atoms with van der Waals surface area (Å²) in [5.41, 5.74) is 4.76. The fourth-order valence-electron chi connectivity index (χ4n) is 4.42. The molecule has 0 saturated heterocycles. The van der Waals surface area contributed by atoms with Crippen LogP contribution in [0.25, 0.3) is 0 Å². The molecule has 52 heavy (non-hydrogen) atoms. The molecule has 0 atom stereocenters. The smallest absolute Gasteiger partial charge is 0.337 e. The van der Waals surface area contributed by atoms with Crippen molar-refractivity contribution in [2.75, 3.05) is 10.9 Å².